The van der Waals surface area contributed by atoms with Crippen molar-refractivity contribution in [3.8, 4) is 11.6 Å². The van der Waals surface area contributed by atoms with Crippen molar-refractivity contribution < 1.29 is 31.5 Å². The summed E-state index contributed by atoms with van der Waals surface area (Å²) in [5.74, 6) is -7.10. The minimum Gasteiger partial charge on any atom is -0.383 e. The number of pyridine rings is 1. The van der Waals surface area contributed by atoms with Crippen LogP contribution < -0.4 is 16.8 Å². The molecule has 4 heterocycles. The molecule has 1 unspecified atom stereocenters. The number of nitrogens with two attached hydrogens (primary N) is 2. The molecule has 0 bridgehead atoms. The summed E-state index contributed by atoms with van der Waals surface area (Å²) in [4.78, 5) is 36.7. The number of nitrogen functional groups attached to an aromatic ring is 1. The van der Waals surface area contributed by atoms with E-state index in [9.17, 15) is 31.5 Å². The molecule has 1 aliphatic rings. The molecule has 2 amide bonds. The number of rotatable bonds is 5. The molecule has 0 saturated heterocycles. The lowest BCUT2D eigenvalue weighted by molar-refractivity contribution is -0.284. The molecule has 0 radical (unpaired) electrons. The van der Waals surface area contributed by atoms with Crippen LogP contribution in [0, 0.1) is 0 Å². The number of aromatic nitrogens is 4. The Kier molecular flexibility index (Phi) is 4.80. The molecule has 0 aromatic carbocycles. The van der Waals surface area contributed by atoms with Crippen molar-refractivity contribution in [1.29, 1.82) is 0 Å². The largest absolute Gasteiger partial charge is 0.453 e. The Bertz CT molecular complexity index is 1300. The number of hydrogen-bond donors (Lipinski definition) is 3. The molecule has 0 spiro atoms. The van der Waals surface area contributed by atoms with Crippen molar-refractivity contribution >= 4 is 29.0 Å². The van der Waals surface area contributed by atoms with E-state index in [1.807, 2.05) is 0 Å². The topological polar surface area (TPSA) is 141 Å². The van der Waals surface area contributed by atoms with Gasteiger partial charge in [0.2, 0.25) is 11.8 Å². The number of carbonyl (C=O) groups is 2. The van der Waals surface area contributed by atoms with Gasteiger partial charge in [0.05, 0.1) is 16.8 Å². The van der Waals surface area contributed by atoms with Crippen LogP contribution in [-0.2, 0) is 21.4 Å². The van der Waals surface area contributed by atoms with Gasteiger partial charge in [-0.3, -0.25) is 14.0 Å². The van der Waals surface area contributed by atoms with Gasteiger partial charge in [0, 0.05) is 12.6 Å². The van der Waals surface area contributed by atoms with Crippen LogP contribution in [0.5, 0.6) is 0 Å². The smallest absolute Gasteiger partial charge is 0.383 e. The highest BCUT2D eigenvalue weighted by molar-refractivity contribution is 6.20. The average Bonchev–Trinajstić information content (AvgIpc) is 3.21. The third-order valence-electron chi connectivity index (χ3n) is 5.53. The Morgan fingerprint density at radius 3 is 2.52 bits per heavy atom. The van der Waals surface area contributed by atoms with E-state index in [-0.39, 0.29) is 40.1 Å². The monoisotopic (exact) mass is 469 g/mol. The van der Waals surface area contributed by atoms with Crippen LogP contribution in [-0.4, -0.2) is 43.3 Å². The normalized spacial score (nSPS) is 18.4. The van der Waals surface area contributed by atoms with Gasteiger partial charge in [-0.25, -0.2) is 15.0 Å². The quantitative estimate of drug-likeness (QED) is 0.386. The molecule has 1 aliphatic heterocycles. The number of carbonyl (C=O) groups excluding carboxylic acids is 2. The van der Waals surface area contributed by atoms with Gasteiger partial charge in [-0.2, -0.15) is 22.0 Å². The maximum absolute atomic E-state index is 13.4. The minimum atomic E-state index is -5.69. The highest BCUT2D eigenvalue weighted by Gasteiger charge is 2.56. The Hall–Kier alpha value is -3.84. The van der Waals surface area contributed by atoms with Gasteiger partial charge < -0.3 is 16.8 Å². The first-order valence-electron chi connectivity index (χ1n) is 9.47. The third kappa shape index (κ3) is 3.32. The SMILES string of the molecule is CC1(C(N)=O)C(=O)Nc2nc(-c3nc(CCC(F)(F)C(F)(F)F)c4ccccn34)nc(N)c21. The summed E-state index contributed by atoms with van der Waals surface area (Å²) < 4.78 is 66.0. The molecule has 0 aliphatic carbocycles. The van der Waals surface area contributed by atoms with Gasteiger partial charge >= 0.3 is 12.1 Å². The number of imidazole rings is 1. The Balaban J connectivity index is 1.80. The van der Waals surface area contributed by atoms with Gasteiger partial charge in [-0.05, 0) is 25.5 Å². The number of amides is 2. The molecule has 4 rings (SSSR count). The summed E-state index contributed by atoms with van der Waals surface area (Å²) in [6.45, 7) is 1.26. The molecule has 1 atom stereocenters. The van der Waals surface area contributed by atoms with Crippen molar-refractivity contribution in [3.05, 3.63) is 35.7 Å². The van der Waals surface area contributed by atoms with Crippen molar-refractivity contribution in [2.24, 2.45) is 5.73 Å². The van der Waals surface area contributed by atoms with E-state index < -0.39 is 42.2 Å². The zero-order valence-electron chi connectivity index (χ0n) is 16.9. The van der Waals surface area contributed by atoms with E-state index in [0.717, 1.165) is 0 Å². The molecule has 3 aromatic heterocycles. The minimum absolute atomic E-state index is 0.00708. The standard InChI is InChI=1S/C19H16F5N7O2/c1-17(15(26)32)10-11(25)28-13(29-12(10)30-16(17)33)14-27-8(9-4-2-3-7-31(9)14)5-6-18(20,21)19(22,23)24/h2-4,7H,5-6H2,1H3,(H2,26,32)(H3,25,28,29,30,33). The first-order valence-corrected chi connectivity index (χ1v) is 9.47. The van der Waals surface area contributed by atoms with Gasteiger partial charge in [-0.1, -0.05) is 6.07 Å². The molecule has 3 aromatic rings. The summed E-state index contributed by atoms with van der Waals surface area (Å²) in [6.07, 6.45) is -6.38. The molecular formula is C19H16F5N7O2. The molecule has 33 heavy (non-hydrogen) atoms. The van der Waals surface area contributed by atoms with Gasteiger partial charge in [0.25, 0.3) is 0 Å². The average molecular weight is 469 g/mol. The molecule has 14 heteroatoms. The van der Waals surface area contributed by atoms with E-state index in [1.165, 1.54) is 23.6 Å². The van der Waals surface area contributed by atoms with E-state index in [2.05, 4.69) is 20.3 Å². The summed E-state index contributed by atoms with van der Waals surface area (Å²) in [5, 5.41) is 2.40. The van der Waals surface area contributed by atoms with Crippen molar-refractivity contribution in [1.82, 2.24) is 19.4 Å². The second-order valence-corrected chi connectivity index (χ2v) is 7.64. The van der Waals surface area contributed by atoms with Crippen LogP contribution in [0.4, 0.5) is 33.6 Å². The second kappa shape index (κ2) is 7.08. The Morgan fingerprint density at radius 2 is 1.88 bits per heavy atom. The summed E-state index contributed by atoms with van der Waals surface area (Å²) >= 11 is 0. The number of halogens is 5. The first-order chi connectivity index (χ1) is 15.3. The van der Waals surface area contributed by atoms with E-state index in [0.29, 0.717) is 0 Å². The fourth-order valence-electron chi connectivity index (χ4n) is 3.60. The fourth-order valence-corrected chi connectivity index (χ4v) is 3.60. The predicted octanol–water partition coefficient (Wildman–Crippen LogP) is 2.20. The summed E-state index contributed by atoms with van der Waals surface area (Å²) in [5.41, 5.74) is 9.75. The van der Waals surface area contributed by atoms with Crippen molar-refractivity contribution in [2.75, 3.05) is 11.1 Å². The van der Waals surface area contributed by atoms with E-state index in [1.54, 1.807) is 12.1 Å². The maximum atomic E-state index is 13.4. The summed E-state index contributed by atoms with van der Waals surface area (Å²) in [7, 11) is 0. The zero-order valence-corrected chi connectivity index (χ0v) is 16.9. The zero-order chi connectivity index (χ0) is 24.3. The lowest BCUT2D eigenvalue weighted by atomic mass is 9.84. The van der Waals surface area contributed by atoms with Crippen LogP contribution in [0.1, 0.15) is 24.6 Å². The summed E-state index contributed by atoms with van der Waals surface area (Å²) in [6, 6.07) is 4.62. The van der Waals surface area contributed by atoms with E-state index in [4.69, 9.17) is 11.5 Å². The van der Waals surface area contributed by atoms with Gasteiger partial charge in [0.1, 0.15) is 11.6 Å². The second-order valence-electron chi connectivity index (χ2n) is 7.64. The number of alkyl halides is 5. The lowest BCUT2D eigenvalue weighted by Gasteiger charge is -2.18. The van der Waals surface area contributed by atoms with Crippen LogP contribution >= 0.6 is 0 Å². The lowest BCUT2D eigenvalue weighted by Crippen LogP contribution is -2.44. The molecular weight excluding hydrogens is 453 g/mol. The number of anilines is 2. The van der Waals surface area contributed by atoms with Crippen LogP contribution in [0.2, 0.25) is 0 Å². The van der Waals surface area contributed by atoms with Gasteiger partial charge in [-0.15, -0.1) is 0 Å². The number of primary amides is 1. The highest BCUT2D eigenvalue weighted by atomic mass is 19.4. The Morgan fingerprint density at radius 1 is 1.18 bits per heavy atom. The number of aryl methyl sites for hydroxylation is 1. The molecule has 174 valence electrons. The number of fused-ring (bicyclic) bond motifs is 2. The van der Waals surface area contributed by atoms with Gasteiger partial charge in [0.15, 0.2) is 17.1 Å². The number of hydrogen-bond acceptors (Lipinski definition) is 6. The molecule has 5 N–H and O–H groups in total. The molecule has 9 nitrogen and oxygen atoms in total. The molecule has 0 fully saturated rings. The van der Waals surface area contributed by atoms with Crippen LogP contribution in [0.25, 0.3) is 17.2 Å². The van der Waals surface area contributed by atoms with Crippen LogP contribution in [0.3, 0.4) is 0 Å². The predicted molar refractivity (Wildman–Crippen MR) is 105 cm³/mol. The van der Waals surface area contributed by atoms with Crippen molar-refractivity contribution in [2.45, 2.75) is 37.3 Å². The third-order valence-corrected chi connectivity index (χ3v) is 5.53. The number of nitrogens with one attached hydrogen (secondary N) is 1. The maximum Gasteiger partial charge on any atom is 0.453 e. The van der Waals surface area contributed by atoms with Crippen LogP contribution in [0.15, 0.2) is 24.4 Å². The fraction of sp³-hybridized carbons (Fsp3) is 0.316. The number of nitrogens with zero attached hydrogens (tertiary/aromatic N) is 4. The molecule has 0 saturated carbocycles. The van der Waals surface area contributed by atoms with E-state index >= 15 is 0 Å². The van der Waals surface area contributed by atoms with Crippen molar-refractivity contribution in [3.63, 3.8) is 0 Å². The first kappa shape index (κ1) is 22.4. The Labute approximate surface area is 182 Å². The highest BCUT2D eigenvalue weighted by Crippen LogP contribution is 2.41.